The van der Waals surface area contributed by atoms with E-state index in [9.17, 15) is 5.26 Å². The molecule has 0 saturated carbocycles. The van der Waals surface area contributed by atoms with Gasteiger partial charge in [-0.1, -0.05) is 48.5 Å². The molecule has 4 rings (SSSR count). The van der Waals surface area contributed by atoms with Crippen molar-refractivity contribution in [1.82, 2.24) is 4.98 Å². The van der Waals surface area contributed by atoms with E-state index in [1.165, 1.54) is 7.11 Å². The van der Waals surface area contributed by atoms with E-state index < -0.39 is 0 Å². The van der Waals surface area contributed by atoms with Gasteiger partial charge in [0.05, 0.1) is 7.11 Å². The molecule has 0 aliphatic rings. The summed E-state index contributed by atoms with van der Waals surface area (Å²) in [6.45, 7) is 0. The van der Waals surface area contributed by atoms with E-state index in [1.54, 1.807) is 0 Å². The fourth-order valence-electron chi connectivity index (χ4n) is 2.86. The lowest BCUT2D eigenvalue weighted by Gasteiger charge is -2.10. The number of pyridine rings is 1. The highest BCUT2D eigenvalue weighted by atomic mass is 16.5. The Morgan fingerprint density at radius 2 is 1.76 bits per heavy atom. The molecule has 4 aromatic rings. The number of hydrogen-bond acceptors (Lipinski definition) is 4. The van der Waals surface area contributed by atoms with Crippen LogP contribution >= 0.6 is 0 Å². The van der Waals surface area contributed by atoms with Crippen LogP contribution in [0, 0.1) is 11.3 Å². The third-order valence-electron chi connectivity index (χ3n) is 4.05. The number of methoxy groups -OCH3 is 1. The van der Waals surface area contributed by atoms with Crippen molar-refractivity contribution < 1.29 is 9.15 Å². The first-order valence-electron chi connectivity index (χ1n) is 7.83. The lowest BCUT2D eigenvalue weighted by atomic mass is 10.0. The Bertz CT molecular complexity index is 1060. The minimum atomic E-state index is 0.291. The molecule has 2 heterocycles. The van der Waals surface area contributed by atoms with Gasteiger partial charge < -0.3 is 9.15 Å². The Kier molecular flexibility index (Phi) is 3.68. The minimum Gasteiger partial charge on any atom is -0.480 e. The summed E-state index contributed by atoms with van der Waals surface area (Å²) in [4.78, 5) is 4.48. The van der Waals surface area contributed by atoms with Crippen molar-refractivity contribution in [2.24, 2.45) is 0 Å². The average Bonchev–Trinajstić information content (AvgIpc) is 3.11. The van der Waals surface area contributed by atoms with Crippen LogP contribution in [-0.2, 0) is 0 Å². The third kappa shape index (κ3) is 2.62. The van der Waals surface area contributed by atoms with Gasteiger partial charge in [-0.05, 0) is 23.8 Å². The van der Waals surface area contributed by atoms with Crippen LogP contribution in [0.1, 0.15) is 5.56 Å². The highest BCUT2D eigenvalue weighted by molar-refractivity contribution is 5.84. The number of para-hydroxylation sites is 1. The molecule has 25 heavy (non-hydrogen) atoms. The van der Waals surface area contributed by atoms with Crippen molar-refractivity contribution in [2.45, 2.75) is 0 Å². The smallest absolute Gasteiger partial charge is 0.232 e. The normalized spacial score (nSPS) is 10.6. The van der Waals surface area contributed by atoms with Crippen LogP contribution in [0.25, 0.3) is 33.6 Å². The number of hydrogen-bond donors (Lipinski definition) is 0. The quantitative estimate of drug-likeness (QED) is 0.529. The zero-order chi connectivity index (χ0) is 17.2. The number of nitrogens with zero attached hydrogens (tertiary/aromatic N) is 2. The molecule has 120 valence electrons. The zero-order valence-corrected chi connectivity index (χ0v) is 13.6. The van der Waals surface area contributed by atoms with Crippen LogP contribution < -0.4 is 4.74 Å². The maximum Gasteiger partial charge on any atom is 0.232 e. The maximum atomic E-state index is 9.57. The van der Waals surface area contributed by atoms with Crippen molar-refractivity contribution in [3.8, 4) is 34.5 Å². The summed E-state index contributed by atoms with van der Waals surface area (Å²) in [7, 11) is 1.51. The Morgan fingerprint density at radius 1 is 1.00 bits per heavy atom. The fourth-order valence-corrected chi connectivity index (χ4v) is 2.86. The monoisotopic (exact) mass is 326 g/mol. The van der Waals surface area contributed by atoms with Crippen LogP contribution in [0.5, 0.6) is 5.88 Å². The number of ether oxygens (including phenoxy) is 1. The maximum absolute atomic E-state index is 9.57. The SMILES string of the molecule is COc1nc(-c2cc3ccccc3o2)cc(-c2ccccc2)c1C#N. The first-order chi connectivity index (χ1) is 12.3. The van der Waals surface area contributed by atoms with E-state index >= 15 is 0 Å². The summed E-state index contributed by atoms with van der Waals surface area (Å²) in [5.74, 6) is 0.931. The van der Waals surface area contributed by atoms with Gasteiger partial charge in [0.25, 0.3) is 0 Å². The number of nitriles is 1. The van der Waals surface area contributed by atoms with E-state index in [-0.39, 0.29) is 0 Å². The van der Waals surface area contributed by atoms with Gasteiger partial charge in [-0.2, -0.15) is 5.26 Å². The molecule has 0 atom stereocenters. The second-order valence-electron chi connectivity index (χ2n) is 5.57. The Labute approximate surface area is 144 Å². The topological polar surface area (TPSA) is 59.1 Å². The Morgan fingerprint density at radius 3 is 2.48 bits per heavy atom. The summed E-state index contributed by atoms with van der Waals surface area (Å²) >= 11 is 0. The third-order valence-corrected chi connectivity index (χ3v) is 4.05. The van der Waals surface area contributed by atoms with Gasteiger partial charge in [0.1, 0.15) is 22.9 Å². The number of fused-ring (bicyclic) bond motifs is 1. The molecule has 4 heteroatoms. The number of furan rings is 1. The fraction of sp³-hybridized carbons (Fsp3) is 0.0476. The number of rotatable bonds is 3. The standard InChI is InChI=1S/C21H14N2O2/c1-24-21-17(13-22)16(14-7-3-2-4-8-14)12-18(23-21)20-11-15-9-5-6-10-19(15)25-20/h2-12H,1H3. The zero-order valence-electron chi connectivity index (χ0n) is 13.6. The minimum absolute atomic E-state index is 0.291. The molecular weight excluding hydrogens is 312 g/mol. The molecule has 0 radical (unpaired) electrons. The van der Waals surface area contributed by atoms with Gasteiger partial charge in [0.2, 0.25) is 5.88 Å². The van der Waals surface area contributed by atoms with E-state index in [2.05, 4.69) is 11.1 Å². The van der Waals surface area contributed by atoms with E-state index in [1.807, 2.05) is 66.7 Å². The molecule has 0 saturated heterocycles. The molecular formula is C21H14N2O2. The van der Waals surface area contributed by atoms with Crippen LogP contribution in [0.2, 0.25) is 0 Å². The highest BCUT2D eigenvalue weighted by Gasteiger charge is 2.17. The number of aromatic nitrogens is 1. The van der Waals surface area contributed by atoms with Crippen molar-refractivity contribution >= 4 is 11.0 Å². The Hall–Kier alpha value is -3.58. The van der Waals surface area contributed by atoms with Gasteiger partial charge in [-0.3, -0.25) is 0 Å². The largest absolute Gasteiger partial charge is 0.480 e. The van der Waals surface area contributed by atoms with Crippen molar-refractivity contribution in [1.29, 1.82) is 5.26 Å². The predicted molar refractivity (Wildman–Crippen MR) is 96.1 cm³/mol. The molecule has 0 amide bonds. The van der Waals surface area contributed by atoms with Gasteiger partial charge in [0.15, 0.2) is 5.76 Å². The van der Waals surface area contributed by atoms with Crippen molar-refractivity contribution in [3.05, 3.63) is 72.3 Å². The van der Waals surface area contributed by atoms with Crippen molar-refractivity contribution in [3.63, 3.8) is 0 Å². The Balaban J connectivity index is 1.96. The number of benzene rings is 2. The van der Waals surface area contributed by atoms with Crippen LogP contribution in [0.3, 0.4) is 0 Å². The van der Waals surface area contributed by atoms with Gasteiger partial charge >= 0.3 is 0 Å². The molecule has 0 spiro atoms. The first-order valence-corrected chi connectivity index (χ1v) is 7.83. The van der Waals surface area contributed by atoms with Crippen LogP contribution in [0.4, 0.5) is 0 Å². The second kappa shape index (κ2) is 6.14. The van der Waals surface area contributed by atoms with E-state index in [0.717, 1.165) is 22.1 Å². The average molecular weight is 326 g/mol. The molecule has 0 unspecified atom stereocenters. The van der Waals surface area contributed by atoms with Crippen molar-refractivity contribution in [2.75, 3.05) is 7.11 Å². The predicted octanol–water partition coefficient (Wildman–Crippen LogP) is 5.04. The van der Waals surface area contributed by atoms with Crippen LogP contribution in [-0.4, -0.2) is 12.1 Å². The summed E-state index contributed by atoms with van der Waals surface area (Å²) in [6, 6.07) is 23.5. The second-order valence-corrected chi connectivity index (χ2v) is 5.57. The van der Waals surface area contributed by atoms with Crippen LogP contribution in [0.15, 0.2) is 71.1 Å². The molecule has 0 aliphatic heterocycles. The first kappa shape index (κ1) is 15.0. The highest BCUT2D eigenvalue weighted by Crippen LogP contribution is 2.35. The molecule has 0 fully saturated rings. The molecule has 0 bridgehead atoms. The lowest BCUT2D eigenvalue weighted by Crippen LogP contribution is -1.97. The molecule has 4 nitrogen and oxygen atoms in total. The van der Waals surface area contributed by atoms with E-state index in [4.69, 9.17) is 9.15 Å². The summed E-state index contributed by atoms with van der Waals surface area (Å²) in [6.07, 6.45) is 0. The van der Waals surface area contributed by atoms with Gasteiger partial charge in [0, 0.05) is 10.9 Å². The molecule has 0 aliphatic carbocycles. The van der Waals surface area contributed by atoms with Gasteiger partial charge in [-0.15, -0.1) is 0 Å². The van der Waals surface area contributed by atoms with E-state index in [0.29, 0.717) is 22.9 Å². The molecule has 0 N–H and O–H groups in total. The molecule has 2 aromatic carbocycles. The summed E-state index contributed by atoms with van der Waals surface area (Å²) in [5, 5.41) is 10.6. The van der Waals surface area contributed by atoms with Gasteiger partial charge in [-0.25, -0.2) is 4.98 Å². The summed E-state index contributed by atoms with van der Waals surface area (Å²) < 4.78 is 11.3. The molecule has 2 aromatic heterocycles. The summed E-state index contributed by atoms with van der Waals surface area (Å²) in [5.41, 5.74) is 3.53. The lowest BCUT2D eigenvalue weighted by molar-refractivity contribution is 0.397.